The number of rotatable bonds is 35. The predicted octanol–water partition coefficient (Wildman–Crippen LogP) is 11.1. The molecule has 0 saturated carbocycles. The van der Waals surface area contributed by atoms with Crippen LogP contribution in [0.3, 0.4) is 0 Å². The Hall–Kier alpha value is -8.60. The van der Waals surface area contributed by atoms with E-state index in [-0.39, 0.29) is 115 Å². The highest BCUT2D eigenvalue weighted by atomic mass is 79.9. The molecule has 5 aromatic rings. The lowest BCUT2D eigenvalue weighted by Crippen LogP contribution is -2.51. The largest absolute Gasteiger partial charge is 0.491 e. The zero-order chi connectivity index (χ0) is 93.8. The van der Waals surface area contributed by atoms with Gasteiger partial charge in [0, 0.05) is 197 Å². The van der Waals surface area contributed by atoms with Crippen LogP contribution in [0.2, 0.25) is 0 Å². The van der Waals surface area contributed by atoms with Crippen molar-refractivity contribution in [2.75, 3.05) is 254 Å². The molecule has 0 atom stereocenters. The van der Waals surface area contributed by atoms with Crippen LogP contribution in [0.15, 0.2) is 91.0 Å². The van der Waals surface area contributed by atoms with Gasteiger partial charge >= 0.3 is 11.9 Å². The summed E-state index contributed by atoms with van der Waals surface area (Å²) in [5.74, 6) is -0.337. The summed E-state index contributed by atoms with van der Waals surface area (Å²) in [5, 5.41) is 28.0. The van der Waals surface area contributed by atoms with Crippen molar-refractivity contribution in [3.05, 3.63) is 147 Å². The molecule has 33 nitrogen and oxygen atoms in total. The molecular formula is C95H139Br4N11O22. The van der Waals surface area contributed by atoms with Gasteiger partial charge in [0.15, 0.2) is 0 Å². The minimum Gasteiger partial charge on any atom is -0.491 e. The van der Waals surface area contributed by atoms with Crippen LogP contribution in [0.1, 0.15) is 186 Å². The van der Waals surface area contributed by atoms with Gasteiger partial charge in [-0.25, -0.2) is 9.59 Å². The molecule has 0 aliphatic carbocycles. The number of likely N-dealkylation sites (tertiary alicyclic amines) is 2. The molecule has 7 saturated heterocycles. The van der Waals surface area contributed by atoms with Crippen molar-refractivity contribution in [1.29, 1.82) is 0 Å². The first-order valence-electron chi connectivity index (χ1n) is 45.7. The van der Waals surface area contributed by atoms with Crippen molar-refractivity contribution in [1.82, 2.24) is 55.1 Å². The zero-order valence-corrected chi connectivity index (χ0v) is 84.4. The number of ether oxygens (including phenoxy) is 10. The van der Waals surface area contributed by atoms with Crippen LogP contribution in [-0.4, -0.2) is 362 Å². The third-order valence-corrected chi connectivity index (χ3v) is 22.6. The van der Waals surface area contributed by atoms with Crippen LogP contribution in [0.5, 0.6) is 28.7 Å². The van der Waals surface area contributed by atoms with E-state index in [4.69, 9.17) is 57.6 Å². The first-order chi connectivity index (χ1) is 63.0. The molecule has 7 fully saturated rings. The Labute approximate surface area is 815 Å². The maximum Gasteiger partial charge on any atom is 0.335 e. The number of nitrogens with one attached hydrogen (secondary N) is 3. The molecular weight excluding hydrogens is 1970 g/mol. The smallest absolute Gasteiger partial charge is 0.335 e. The Morgan fingerprint density at radius 1 is 0.265 bits per heavy atom. The number of hydrogen-bond acceptors (Lipinski definition) is 23. The zero-order valence-electron chi connectivity index (χ0n) is 77.8. The number of piperidine rings is 3. The summed E-state index contributed by atoms with van der Waals surface area (Å²) in [4.78, 5) is 138. The lowest BCUT2D eigenvalue weighted by molar-refractivity contribution is -0.130. The van der Waals surface area contributed by atoms with E-state index in [1.54, 1.807) is 74.2 Å². The third-order valence-electron chi connectivity index (χ3n) is 21.7. The fourth-order valence-electron chi connectivity index (χ4n) is 14.9. The van der Waals surface area contributed by atoms with Crippen molar-refractivity contribution < 1.29 is 106 Å². The van der Waals surface area contributed by atoms with Gasteiger partial charge < -0.3 is 113 Å². The van der Waals surface area contributed by atoms with Crippen molar-refractivity contribution in [2.24, 2.45) is 0 Å². The number of halogens is 4. The Bertz CT molecular complexity index is 3980. The van der Waals surface area contributed by atoms with Crippen LogP contribution < -0.4 is 39.6 Å². The summed E-state index contributed by atoms with van der Waals surface area (Å²) < 4.78 is 54.4. The average Bonchev–Trinajstić information content (AvgIpc) is 0.905. The number of carbonyl (C=O) groups is 10. The molecule has 37 heteroatoms. The fraction of sp³-hybridized carbons (Fsp3) is 0.579. The molecule has 7 aliphatic heterocycles. The van der Waals surface area contributed by atoms with Crippen LogP contribution in [0.25, 0.3) is 0 Å². The van der Waals surface area contributed by atoms with E-state index in [9.17, 15) is 47.9 Å². The van der Waals surface area contributed by atoms with Crippen LogP contribution in [-0.2, 0) is 33.3 Å². The second-order valence-electron chi connectivity index (χ2n) is 31.4. The number of alkyl halides is 2. The van der Waals surface area contributed by atoms with Gasteiger partial charge in [0.25, 0.3) is 35.4 Å². The minimum absolute atomic E-state index is 0. The van der Waals surface area contributed by atoms with Crippen molar-refractivity contribution in [2.45, 2.75) is 106 Å². The highest BCUT2D eigenvalue weighted by Gasteiger charge is 2.31. The third kappa shape index (κ3) is 40.9. The SMILES string of the molecule is Br.Br.C1CCNCC1.CCOCCOc1cc(C(=O)N2CCCCC2)cc(C(=O)N2CCCCC2)c1.CCOCCOc1cc(C(=O)N2CCN(C(=O)CBr)CC2)cc(C(=O)N2CCN(C(=O)CBr)CC2)c1.CCOCCOc1cc(C(=O)N2CCNCC2)cc(C(=O)N2CCNCC2)c1.CCOCCOc1cc(C(=O)O)cc(C(=O)O)c1.CCOCCOc1cc(C)cc(C)c1. The number of nitrogens with zero attached hydrogens (tertiary/aromatic N) is 8. The minimum atomic E-state index is -1.20. The van der Waals surface area contributed by atoms with E-state index in [2.05, 4.69) is 67.7 Å². The molecule has 5 N–H and O–H groups in total. The molecule has 0 radical (unpaired) electrons. The molecule has 12 rings (SSSR count). The number of amides is 8. The van der Waals surface area contributed by atoms with Gasteiger partial charge in [-0.05, 0) is 209 Å². The first kappa shape index (κ1) is 114. The molecule has 7 aliphatic rings. The number of aromatic carboxylic acids is 2. The van der Waals surface area contributed by atoms with E-state index in [1.165, 1.54) is 68.5 Å². The maximum atomic E-state index is 13.3. The summed E-state index contributed by atoms with van der Waals surface area (Å²) in [6, 6.07) is 25.2. The number of hydrogen-bond donors (Lipinski definition) is 5. The number of carboxylic acid groups (broad SMARTS) is 2. The predicted molar refractivity (Wildman–Crippen MR) is 523 cm³/mol. The molecule has 5 aromatic carbocycles. The molecule has 7 heterocycles. The van der Waals surface area contributed by atoms with E-state index in [1.807, 2.05) is 66.4 Å². The molecule has 132 heavy (non-hydrogen) atoms. The van der Waals surface area contributed by atoms with E-state index >= 15 is 0 Å². The summed E-state index contributed by atoms with van der Waals surface area (Å²) in [6.07, 6.45) is 10.7. The monoisotopic (exact) mass is 2100 g/mol. The summed E-state index contributed by atoms with van der Waals surface area (Å²) >= 11 is 6.37. The lowest BCUT2D eigenvalue weighted by atomic mass is 10.0. The van der Waals surface area contributed by atoms with Crippen LogP contribution in [0.4, 0.5) is 0 Å². The molecule has 734 valence electrons. The second kappa shape index (κ2) is 65.1. The Morgan fingerprint density at radius 2 is 0.477 bits per heavy atom. The van der Waals surface area contributed by atoms with Gasteiger partial charge in [-0.2, -0.15) is 0 Å². The second-order valence-corrected chi connectivity index (χ2v) is 32.5. The van der Waals surface area contributed by atoms with Crippen molar-refractivity contribution in [3.8, 4) is 28.7 Å². The molecule has 0 spiro atoms. The molecule has 0 bridgehead atoms. The fourth-order valence-corrected chi connectivity index (χ4v) is 15.6. The Morgan fingerprint density at radius 3 is 0.705 bits per heavy atom. The van der Waals surface area contributed by atoms with E-state index < -0.39 is 11.9 Å². The number of piperazine rings is 4. The Balaban J connectivity index is 0.000000294. The topological polar surface area (TPSA) is 365 Å². The average molecular weight is 2110 g/mol. The summed E-state index contributed by atoms with van der Waals surface area (Å²) in [5.41, 5.74) is 5.01. The van der Waals surface area contributed by atoms with E-state index in [0.29, 0.717) is 215 Å². The van der Waals surface area contributed by atoms with Crippen LogP contribution in [0, 0.1) is 13.8 Å². The Kier molecular flexibility index (Phi) is 56.2. The normalized spacial score (nSPS) is 15.4. The number of carboxylic acids is 2. The van der Waals surface area contributed by atoms with E-state index in [0.717, 1.165) is 96.5 Å². The van der Waals surface area contributed by atoms with Gasteiger partial charge in [0.05, 0.1) is 54.8 Å². The van der Waals surface area contributed by atoms with Crippen molar-refractivity contribution in [3.63, 3.8) is 0 Å². The van der Waals surface area contributed by atoms with Gasteiger partial charge in [-0.3, -0.25) is 38.4 Å². The summed E-state index contributed by atoms with van der Waals surface area (Å²) in [7, 11) is 0. The first-order valence-corrected chi connectivity index (χ1v) is 48.0. The standard InChI is InChI=1S/C24H32Br2N4O6.C22H32N2O4.C20H30N4O4.C12H14O6.C12H18O2.C5H11N.2BrH/c1-2-35-11-12-36-20-14-18(23(33)29-7-3-27(4-8-29)21(31)16-25)13-19(15-20)24(34)30-9-5-28(6-10-30)22(32)17-26;1-2-27-13-14-28-20-16-18(21(25)23-9-5-3-6-10-23)15-19(17-20)22(26)24-11-7-4-8-12-24;1-2-27-11-12-28-18-14-16(19(25)23-7-3-21-4-8-23)13-17(15-18)20(26)24-9-5-22-6-10-24;1-2-17-3-4-18-10-6-8(11(13)14)5-9(7-10)12(15)16;1-4-13-5-6-14-12-8-10(2)7-11(3)9-12;1-2-4-6-5-3-1;;/h13-15H,2-12,16-17H2,1H3;15-17H,2-14H2,1H3;13-15,21-22H,2-12H2,1H3;5-7H,2-4H2,1H3,(H,13,14)(H,15,16);7-9H,4-6H2,1-3H3;6H,1-5H2;2*1H. The quantitative estimate of drug-likeness (QED) is 0.0186. The summed E-state index contributed by atoms with van der Waals surface area (Å²) in [6.45, 7) is 36.0. The van der Waals surface area contributed by atoms with Gasteiger partial charge in [0.2, 0.25) is 11.8 Å². The number of carbonyl (C=O) groups excluding carboxylic acids is 8. The van der Waals surface area contributed by atoms with Crippen LogP contribution >= 0.6 is 65.8 Å². The maximum absolute atomic E-state index is 13.3. The molecule has 0 aromatic heterocycles. The van der Waals surface area contributed by atoms with Gasteiger partial charge in [0.1, 0.15) is 61.8 Å². The molecule has 0 unspecified atom stereocenters. The highest BCUT2D eigenvalue weighted by molar-refractivity contribution is 9.09. The number of benzene rings is 5. The molecule has 8 amide bonds. The lowest BCUT2D eigenvalue weighted by Gasteiger charge is -2.35. The van der Waals surface area contributed by atoms with Gasteiger partial charge in [-0.1, -0.05) is 44.3 Å². The van der Waals surface area contributed by atoms with Gasteiger partial charge in [-0.15, -0.1) is 34.0 Å². The van der Waals surface area contributed by atoms with Crippen molar-refractivity contribution >= 4 is 125 Å². The highest BCUT2D eigenvalue weighted by Crippen LogP contribution is 2.28. The number of aryl methyl sites for hydroxylation is 2.